The Kier molecular flexibility index (Phi) is 5.32. The maximum absolute atomic E-state index is 12.8. The minimum Gasteiger partial charge on any atom is -0.376 e. The minimum atomic E-state index is -0.119. The highest BCUT2D eigenvalue weighted by molar-refractivity contribution is 5.94. The number of carbonyl (C=O) groups excluding carboxylic acids is 1. The number of imidazole rings is 1. The summed E-state index contributed by atoms with van der Waals surface area (Å²) in [5.41, 5.74) is 2.67. The van der Waals surface area contributed by atoms with Gasteiger partial charge in [0, 0.05) is 18.7 Å². The molecule has 0 aliphatic carbocycles. The number of rotatable bonds is 4. The zero-order chi connectivity index (χ0) is 17.8. The lowest BCUT2D eigenvalue weighted by atomic mass is 10.1. The van der Waals surface area contributed by atoms with Crippen LogP contribution in [0.25, 0.3) is 11.4 Å². The van der Waals surface area contributed by atoms with E-state index in [-0.39, 0.29) is 12.0 Å². The van der Waals surface area contributed by atoms with Crippen LogP contribution in [0.1, 0.15) is 35.4 Å². The van der Waals surface area contributed by atoms with E-state index in [2.05, 4.69) is 22.0 Å². The summed E-state index contributed by atoms with van der Waals surface area (Å²) in [6.45, 7) is 3.10. The van der Waals surface area contributed by atoms with Crippen LogP contribution < -0.4 is 5.32 Å². The smallest absolute Gasteiger partial charge is 0.271 e. The molecule has 6 heteroatoms. The Morgan fingerprint density at radius 3 is 2.88 bits per heavy atom. The Morgan fingerprint density at radius 2 is 2.08 bits per heavy atom. The Labute approximate surface area is 153 Å². The summed E-state index contributed by atoms with van der Waals surface area (Å²) in [5.74, 6) is 0.775. The molecule has 1 aromatic carbocycles. The number of nitrogens with one attached hydrogen (secondary N) is 1. The second-order valence-corrected chi connectivity index (χ2v) is 6.84. The van der Waals surface area contributed by atoms with Gasteiger partial charge in [0.1, 0.15) is 11.5 Å². The quantitative estimate of drug-likeness (QED) is 0.915. The molecule has 0 saturated carbocycles. The topological polar surface area (TPSA) is 65.4 Å². The van der Waals surface area contributed by atoms with Gasteiger partial charge >= 0.3 is 0 Å². The van der Waals surface area contributed by atoms with E-state index in [9.17, 15) is 4.79 Å². The Morgan fingerprint density at radius 1 is 1.19 bits per heavy atom. The number of ether oxygens (including phenoxy) is 2. The first-order valence-electron chi connectivity index (χ1n) is 9.45. The summed E-state index contributed by atoms with van der Waals surface area (Å²) < 4.78 is 13.2. The molecular weight excluding hydrogens is 330 g/mol. The third kappa shape index (κ3) is 3.66. The highest BCUT2D eigenvalue weighted by atomic mass is 16.6. The van der Waals surface area contributed by atoms with Gasteiger partial charge in [-0.1, -0.05) is 36.8 Å². The molecule has 4 rings (SSSR count). The van der Waals surface area contributed by atoms with Crippen molar-refractivity contribution in [3.05, 3.63) is 41.7 Å². The van der Waals surface area contributed by atoms with Crippen molar-refractivity contribution in [3.63, 3.8) is 0 Å². The van der Waals surface area contributed by atoms with Crippen LogP contribution in [0, 0.1) is 0 Å². The van der Waals surface area contributed by atoms with Gasteiger partial charge in [-0.05, 0) is 19.3 Å². The maximum Gasteiger partial charge on any atom is 0.271 e. The van der Waals surface area contributed by atoms with Crippen LogP contribution in [-0.2, 0) is 22.4 Å². The average molecular weight is 355 g/mol. The molecule has 1 atom stereocenters. The number of carbonyl (C=O) groups is 1. The molecule has 6 nitrogen and oxygen atoms in total. The molecule has 1 fully saturated rings. The standard InChI is InChI=1S/C20H25N3O3/c24-20(21-13-16-14-25-11-12-26-16)18-17-9-5-2-6-10-23(17)19(22-18)15-7-3-1-4-8-15/h1,3-4,7-8,16H,2,5-6,9-14H2,(H,21,24)/t16-/m1/s1. The zero-order valence-electron chi connectivity index (χ0n) is 14.9. The van der Waals surface area contributed by atoms with Crippen LogP contribution in [0.3, 0.4) is 0 Å². The SMILES string of the molecule is O=C(NC[C@@H]1COCCO1)c1nc(-c2ccccc2)n2c1CCCCC2. The molecule has 1 N–H and O–H groups in total. The Balaban J connectivity index is 1.58. The van der Waals surface area contributed by atoms with Crippen LogP contribution in [0.2, 0.25) is 0 Å². The number of nitrogens with zero attached hydrogens (tertiary/aromatic N) is 2. The minimum absolute atomic E-state index is 0.0810. The molecular formula is C20H25N3O3. The van der Waals surface area contributed by atoms with Gasteiger partial charge in [-0.15, -0.1) is 0 Å². The van der Waals surface area contributed by atoms with E-state index < -0.39 is 0 Å². The first kappa shape index (κ1) is 17.2. The summed E-state index contributed by atoms with van der Waals surface area (Å²) in [4.78, 5) is 17.6. The van der Waals surface area contributed by atoms with E-state index in [1.165, 1.54) is 6.42 Å². The van der Waals surface area contributed by atoms with Gasteiger partial charge in [-0.2, -0.15) is 0 Å². The molecule has 1 saturated heterocycles. The summed E-state index contributed by atoms with van der Waals surface area (Å²) in [6, 6.07) is 10.1. The second-order valence-electron chi connectivity index (χ2n) is 6.84. The number of benzene rings is 1. The Bertz CT molecular complexity index is 751. The van der Waals surface area contributed by atoms with Gasteiger partial charge in [0.2, 0.25) is 0 Å². The molecule has 0 bridgehead atoms. The fourth-order valence-corrected chi connectivity index (χ4v) is 3.65. The average Bonchev–Trinajstić information content (AvgIpc) is 2.89. The molecule has 0 spiro atoms. The van der Waals surface area contributed by atoms with Gasteiger partial charge in [-0.3, -0.25) is 4.79 Å². The van der Waals surface area contributed by atoms with Crippen molar-refractivity contribution in [1.82, 2.24) is 14.9 Å². The second kappa shape index (κ2) is 8.01. The van der Waals surface area contributed by atoms with Gasteiger partial charge in [0.15, 0.2) is 0 Å². The fraction of sp³-hybridized carbons (Fsp3) is 0.500. The van der Waals surface area contributed by atoms with Crippen molar-refractivity contribution in [2.75, 3.05) is 26.4 Å². The van der Waals surface area contributed by atoms with Crippen molar-refractivity contribution >= 4 is 5.91 Å². The van der Waals surface area contributed by atoms with E-state index in [0.717, 1.165) is 42.9 Å². The van der Waals surface area contributed by atoms with Crippen molar-refractivity contribution in [2.24, 2.45) is 0 Å². The van der Waals surface area contributed by atoms with Crippen molar-refractivity contribution in [1.29, 1.82) is 0 Å². The summed E-state index contributed by atoms with van der Waals surface area (Å²) in [7, 11) is 0. The monoisotopic (exact) mass is 355 g/mol. The molecule has 26 heavy (non-hydrogen) atoms. The largest absolute Gasteiger partial charge is 0.376 e. The molecule has 2 aromatic rings. The molecule has 2 aliphatic heterocycles. The van der Waals surface area contributed by atoms with Crippen LogP contribution >= 0.6 is 0 Å². The summed E-state index contributed by atoms with van der Waals surface area (Å²) in [5, 5.41) is 2.98. The van der Waals surface area contributed by atoms with Crippen LogP contribution in [0.15, 0.2) is 30.3 Å². The summed E-state index contributed by atoms with van der Waals surface area (Å²) in [6.07, 6.45) is 4.22. The van der Waals surface area contributed by atoms with Gasteiger partial charge in [0.05, 0.1) is 31.6 Å². The molecule has 138 valence electrons. The number of fused-ring (bicyclic) bond motifs is 1. The molecule has 1 amide bonds. The zero-order valence-corrected chi connectivity index (χ0v) is 14.9. The number of hydrogen-bond acceptors (Lipinski definition) is 4. The molecule has 0 unspecified atom stereocenters. The molecule has 0 radical (unpaired) electrons. The summed E-state index contributed by atoms with van der Waals surface area (Å²) >= 11 is 0. The highest BCUT2D eigenvalue weighted by Gasteiger charge is 2.25. The first-order chi connectivity index (χ1) is 12.8. The molecule has 1 aromatic heterocycles. The Hall–Kier alpha value is -2.18. The van der Waals surface area contributed by atoms with Crippen molar-refractivity contribution in [2.45, 2.75) is 38.3 Å². The van der Waals surface area contributed by atoms with E-state index >= 15 is 0 Å². The highest BCUT2D eigenvalue weighted by Crippen LogP contribution is 2.27. The number of amides is 1. The van der Waals surface area contributed by atoms with E-state index in [1.54, 1.807) is 0 Å². The van der Waals surface area contributed by atoms with Gasteiger partial charge in [-0.25, -0.2) is 4.98 Å². The van der Waals surface area contributed by atoms with Crippen LogP contribution in [0.5, 0.6) is 0 Å². The lowest BCUT2D eigenvalue weighted by Crippen LogP contribution is -2.40. The molecule has 2 aliphatic rings. The maximum atomic E-state index is 12.8. The predicted molar refractivity (Wildman–Crippen MR) is 98.1 cm³/mol. The first-order valence-corrected chi connectivity index (χ1v) is 9.45. The van der Waals surface area contributed by atoms with E-state index in [1.807, 2.05) is 18.2 Å². The third-order valence-corrected chi connectivity index (χ3v) is 4.99. The van der Waals surface area contributed by atoms with Gasteiger partial charge < -0.3 is 19.4 Å². The van der Waals surface area contributed by atoms with E-state index in [0.29, 0.717) is 32.1 Å². The van der Waals surface area contributed by atoms with Crippen molar-refractivity contribution < 1.29 is 14.3 Å². The van der Waals surface area contributed by atoms with Crippen LogP contribution in [0.4, 0.5) is 0 Å². The lowest BCUT2D eigenvalue weighted by molar-refractivity contribution is -0.0855. The van der Waals surface area contributed by atoms with Gasteiger partial charge in [0.25, 0.3) is 5.91 Å². The van der Waals surface area contributed by atoms with E-state index in [4.69, 9.17) is 14.5 Å². The predicted octanol–water partition coefficient (Wildman–Crippen LogP) is 2.42. The number of aromatic nitrogens is 2. The third-order valence-electron chi connectivity index (χ3n) is 4.99. The number of hydrogen-bond donors (Lipinski definition) is 1. The molecule has 3 heterocycles. The van der Waals surface area contributed by atoms with Crippen molar-refractivity contribution in [3.8, 4) is 11.4 Å². The van der Waals surface area contributed by atoms with Crippen LogP contribution in [-0.4, -0.2) is 47.9 Å². The lowest BCUT2D eigenvalue weighted by Gasteiger charge is -2.22. The fourth-order valence-electron chi connectivity index (χ4n) is 3.65. The normalized spacial score (nSPS) is 20.2.